The van der Waals surface area contributed by atoms with Gasteiger partial charge in [-0.3, -0.25) is 4.98 Å². The maximum atomic E-state index is 4.39. The maximum Gasteiger partial charge on any atom is 0.0845 e. The highest BCUT2D eigenvalue weighted by Gasteiger charge is 2.15. The molecule has 0 saturated heterocycles. The number of hydrogen-bond donors (Lipinski definition) is 0. The standard InChI is InChI=1S/C10H13N3/c1-10(2,3)9-7-13-8(6-11-9)4-5-12-13/h4-7H,1-3H3. The first-order valence-electron chi connectivity index (χ1n) is 4.37. The molecule has 2 rings (SSSR count). The van der Waals surface area contributed by atoms with Crippen molar-refractivity contribution in [2.45, 2.75) is 26.2 Å². The number of hydrogen-bond acceptors (Lipinski definition) is 2. The van der Waals surface area contributed by atoms with Gasteiger partial charge in [-0.1, -0.05) is 20.8 Å². The van der Waals surface area contributed by atoms with Crippen molar-refractivity contribution >= 4 is 5.52 Å². The summed E-state index contributed by atoms with van der Waals surface area (Å²) in [7, 11) is 0. The highest BCUT2D eigenvalue weighted by Crippen LogP contribution is 2.19. The van der Waals surface area contributed by atoms with Gasteiger partial charge in [-0.25, -0.2) is 4.52 Å². The molecule has 13 heavy (non-hydrogen) atoms. The summed E-state index contributed by atoms with van der Waals surface area (Å²) in [6, 6.07) is 1.94. The molecule has 2 aromatic heterocycles. The predicted molar refractivity (Wildman–Crippen MR) is 51.7 cm³/mol. The topological polar surface area (TPSA) is 30.2 Å². The molecular formula is C10H13N3. The molecule has 0 spiro atoms. The van der Waals surface area contributed by atoms with Gasteiger partial charge in [-0.2, -0.15) is 5.10 Å². The van der Waals surface area contributed by atoms with Crippen LogP contribution >= 0.6 is 0 Å². The molecule has 3 heteroatoms. The van der Waals surface area contributed by atoms with Crippen LogP contribution in [0.15, 0.2) is 24.7 Å². The number of rotatable bonds is 0. The Balaban J connectivity index is 2.61. The Labute approximate surface area is 77.4 Å². The number of nitrogens with zero attached hydrogens (tertiary/aromatic N) is 3. The van der Waals surface area contributed by atoms with E-state index in [2.05, 4.69) is 30.9 Å². The molecule has 0 N–H and O–H groups in total. The van der Waals surface area contributed by atoms with Crippen LogP contribution in [-0.2, 0) is 5.41 Å². The second-order valence-electron chi connectivity index (χ2n) is 4.22. The van der Waals surface area contributed by atoms with Crippen LogP contribution in [0.5, 0.6) is 0 Å². The van der Waals surface area contributed by atoms with E-state index in [1.165, 1.54) is 0 Å². The van der Waals surface area contributed by atoms with Gasteiger partial charge in [0.05, 0.1) is 29.8 Å². The lowest BCUT2D eigenvalue weighted by atomic mass is 9.93. The minimum atomic E-state index is 0.0835. The van der Waals surface area contributed by atoms with E-state index in [9.17, 15) is 0 Å². The van der Waals surface area contributed by atoms with Gasteiger partial charge in [-0.05, 0) is 6.07 Å². The van der Waals surface area contributed by atoms with Crippen molar-refractivity contribution in [2.75, 3.05) is 0 Å². The van der Waals surface area contributed by atoms with Crippen LogP contribution in [0.4, 0.5) is 0 Å². The Kier molecular flexibility index (Phi) is 1.62. The van der Waals surface area contributed by atoms with Gasteiger partial charge in [0.25, 0.3) is 0 Å². The molecule has 2 aromatic rings. The summed E-state index contributed by atoms with van der Waals surface area (Å²) in [5, 5.41) is 4.17. The Morgan fingerprint density at radius 2 is 2.08 bits per heavy atom. The van der Waals surface area contributed by atoms with E-state index < -0.39 is 0 Å². The average Bonchev–Trinajstić information content (AvgIpc) is 2.47. The van der Waals surface area contributed by atoms with Crippen molar-refractivity contribution in [3.8, 4) is 0 Å². The van der Waals surface area contributed by atoms with Crippen LogP contribution in [0, 0.1) is 0 Å². The lowest BCUT2D eigenvalue weighted by Gasteiger charge is -2.16. The maximum absolute atomic E-state index is 4.39. The second kappa shape index (κ2) is 2.55. The van der Waals surface area contributed by atoms with Crippen molar-refractivity contribution in [1.82, 2.24) is 14.6 Å². The average molecular weight is 175 g/mol. The third-order valence-corrected chi connectivity index (χ3v) is 2.05. The molecule has 0 unspecified atom stereocenters. The molecule has 0 aliphatic heterocycles. The van der Waals surface area contributed by atoms with E-state index in [4.69, 9.17) is 0 Å². The molecule has 0 bridgehead atoms. The fraction of sp³-hybridized carbons (Fsp3) is 0.400. The summed E-state index contributed by atoms with van der Waals surface area (Å²) in [6.07, 6.45) is 5.62. The normalized spacial score (nSPS) is 12.2. The molecule has 68 valence electrons. The molecule has 0 radical (unpaired) electrons. The van der Waals surface area contributed by atoms with Crippen LogP contribution in [0.3, 0.4) is 0 Å². The summed E-state index contributed by atoms with van der Waals surface area (Å²) in [5.74, 6) is 0. The Bertz CT molecular complexity index is 423. The summed E-state index contributed by atoms with van der Waals surface area (Å²) in [4.78, 5) is 4.39. The largest absolute Gasteiger partial charge is 0.257 e. The zero-order valence-electron chi connectivity index (χ0n) is 8.15. The van der Waals surface area contributed by atoms with E-state index in [-0.39, 0.29) is 5.41 Å². The quantitative estimate of drug-likeness (QED) is 0.613. The number of aromatic nitrogens is 3. The second-order valence-corrected chi connectivity index (χ2v) is 4.22. The molecule has 0 aromatic carbocycles. The fourth-order valence-electron chi connectivity index (χ4n) is 1.21. The first kappa shape index (κ1) is 8.23. The minimum Gasteiger partial charge on any atom is -0.257 e. The smallest absolute Gasteiger partial charge is 0.0845 e. The highest BCUT2D eigenvalue weighted by molar-refractivity contribution is 5.42. The van der Waals surface area contributed by atoms with Crippen LogP contribution in [0.1, 0.15) is 26.5 Å². The van der Waals surface area contributed by atoms with Gasteiger partial charge in [0.1, 0.15) is 0 Å². The monoisotopic (exact) mass is 175 g/mol. The Hall–Kier alpha value is -1.38. The molecule has 2 heterocycles. The van der Waals surface area contributed by atoms with E-state index in [1.807, 2.05) is 23.0 Å². The first-order valence-corrected chi connectivity index (χ1v) is 4.37. The van der Waals surface area contributed by atoms with E-state index >= 15 is 0 Å². The molecule has 0 aliphatic carbocycles. The Morgan fingerprint density at radius 3 is 2.77 bits per heavy atom. The molecular weight excluding hydrogens is 162 g/mol. The molecule has 3 nitrogen and oxygen atoms in total. The summed E-state index contributed by atoms with van der Waals surface area (Å²) >= 11 is 0. The Morgan fingerprint density at radius 1 is 1.31 bits per heavy atom. The van der Waals surface area contributed by atoms with Crippen molar-refractivity contribution in [3.63, 3.8) is 0 Å². The molecule has 0 saturated carbocycles. The third kappa shape index (κ3) is 1.41. The lowest BCUT2D eigenvalue weighted by Crippen LogP contribution is -2.14. The van der Waals surface area contributed by atoms with Crippen molar-refractivity contribution in [2.24, 2.45) is 0 Å². The van der Waals surface area contributed by atoms with Gasteiger partial charge in [0, 0.05) is 5.41 Å². The van der Waals surface area contributed by atoms with E-state index in [1.54, 1.807) is 6.20 Å². The third-order valence-electron chi connectivity index (χ3n) is 2.05. The van der Waals surface area contributed by atoms with Gasteiger partial charge in [0.15, 0.2) is 0 Å². The van der Waals surface area contributed by atoms with Crippen LogP contribution in [0.25, 0.3) is 5.52 Å². The summed E-state index contributed by atoms with van der Waals surface area (Å²) in [6.45, 7) is 6.43. The van der Waals surface area contributed by atoms with Crippen LogP contribution < -0.4 is 0 Å². The first-order chi connectivity index (χ1) is 6.07. The minimum absolute atomic E-state index is 0.0835. The molecule has 0 atom stereocenters. The van der Waals surface area contributed by atoms with Gasteiger partial charge in [0.2, 0.25) is 0 Å². The highest BCUT2D eigenvalue weighted by atomic mass is 15.2. The van der Waals surface area contributed by atoms with Gasteiger partial charge in [-0.15, -0.1) is 0 Å². The van der Waals surface area contributed by atoms with Crippen LogP contribution in [0.2, 0.25) is 0 Å². The fourth-order valence-corrected chi connectivity index (χ4v) is 1.21. The molecule has 0 fully saturated rings. The zero-order valence-corrected chi connectivity index (χ0v) is 8.15. The molecule has 0 amide bonds. The predicted octanol–water partition coefficient (Wildman–Crippen LogP) is 2.03. The molecule has 0 aliphatic rings. The number of fused-ring (bicyclic) bond motifs is 1. The van der Waals surface area contributed by atoms with Gasteiger partial charge >= 0.3 is 0 Å². The zero-order chi connectivity index (χ0) is 9.47. The summed E-state index contributed by atoms with van der Waals surface area (Å²) in [5.41, 5.74) is 2.18. The van der Waals surface area contributed by atoms with E-state index in [0.29, 0.717) is 0 Å². The SMILES string of the molecule is CC(C)(C)c1cn2nccc2cn1. The summed E-state index contributed by atoms with van der Waals surface area (Å²) < 4.78 is 1.85. The lowest BCUT2D eigenvalue weighted by molar-refractivity contribution is 0.562. The van der Waals surface area contributed by atoms with E-state index in [0.717, 1.165) is 11.2 Å². The van der Waals surface area contributed by atoms with Crippen molar-refractivity contribution in [1.29, 1.82) is 0 Å². The van der Waals surface area contributed by atoms with Crippen LogP contribution in [-0.4, -0.2) is 14.6 Å². The van der Waals surface area contributed by atoms with Crippen molar-refractivity contribution < 1.29 is 0 Å². The van der Waals surface area contributed by atoms with Gasteiger partial charge < -0.3 is 0 Å². The van der Waals surface area contributed by atoms with Crippen molar-refractivity contribution in [3.05, 3.63) is 30.4 Å².